The zero-order valence-corrected chi connectivity index (χ0v) is 12.2. The molecule has 0 unspecified atom stereocenters. The molecule has 2 aromatic rings. The summed E-state index contributed by atoms with van der Waals surface area (Å²) in [5.41, 5.74) is 6.52. The monoisotopic (exact) mass is 322 g/mol. The molecule has 0 radical (unpaired) electrons. The second kappa shape index (κ2) is 6.43. The van der Waals surface area contributed by atoms with E-state index in [0.717, 1.165) is 10.9 Å². The Morgan fingerprint density at radius 1 is 1.26 bits per heavy atom. The van der Waals surface area contributed by atoms with Crippen LogP contribution in [0.3, 0.4) is 0 Å². The van der Waals surface area contributed by atoms with Crippen LogP contribution in [-0.4, -0.2) is 11.6 Å². The number of nitrogens with two attached hydrogens (primary N) is 1. The average molecular weight is 323 g/mol. The van der Waals surface area contributed by atoms with E-state index in [1.165, 1.54) is 0 Å². The molecule has 0 atom stereocenters. The van der Waals surface area contributed by atoms with Gasteiger partial charge in [0.1, 0.15) is 17.2 Å². The summed E-state index contributed by atoms with van der Waals surface area (Å²) < 4.78 is 12.1. The molecule has 19 heavy (non-hydrogen) atoms. The van der Waals surface area contributed by atoms with Gasteiger partial charge in [-0.15, -0.1) is 0 Å². The van der Waals surface area contributed by atoms with Gasteiger partial charge in [-0.05, 0) is 40.5 Å². The fraction of sp³-hybridized carbons (Fsp3) is 0.214. The Morgan fingerprint density at radius 3 is 2.79 bits per heavy atom. The van der Waals surface area contributed by atoms with E-state index in [0.29, 0.717) is 29.5 Å². The standard InChI is InChI=1S/C14H15BrN2O2/c1-2-6-18-12-4-3-5-13(14(12)16)19-11-7-10(15)8-17-9-11/h3-5,7-9H,2,6,16H2,1H3. The molecule has 0 aliphatic rings. The van der Waals surface area contributed by atoms with Crippen LogP contribution in [0.4, 0.5) is 5.69 Å². The Morgan fingerprint density at radius 2 is 2.05 bits per heavy atom. The van der Waals surface area contributed by atoms with Gasteiger partial charge in [0.2, 0.25) is 0 Å². The molecule has 0 aliphatic carbocycles. The molecule has 0 spiro atoms. The molecule has 0 saturated carbocycles. The highest BCUT2D eigenvalue weighted by Gasteiger charge is 2.08. The number of aromatic nitrogens is 1. The number of halogens is 1. The molecule has 2 N–H and O–H groups in total. The van der Waals surface area contributed by atoms with Crippen molar-refractivity contribution in [2.75, 3.05) is 12.3 Å². The summed E-state index contributed by atoms with van der Waals surface area (Å²) in [6.07, 6.45) is 4.25. The normalized spacial score (nSPS) is 10.2. The van der Waals surface area contributed by atoms with Crippen molar-refractivity contribution in [1.29, 1.82) is 0 Å². The van der Waals surface area contributed by atoms with Gasteiger partial charge in [-0.1, -0.05) is 13.0 Å². The second-order valence-corrected chi connectivity index (χ2v) is 4.87. The minimum atomic E-state index is 0.496. The van der Waals surface area contributed by atoms with Crippen LogP contribution in [0.25, 0.3) is 0 Å². The van der Waals surface area contributed by atoms with Gasteiger partial charge >= 0.3 is 0 Å². The maximum Gasteiger partial charge on any atom is 0.154 e. The van der Waals surface area contributed by atoms with Crippen molar-refractivity contribution in [3.63, 3.8) is 0 Å². The van der Waals surface area contributed by atoms with Crippen LogP contribution >= 0.6 is 15.9 Å². The molecule has 0 bridgehead atoms. The Labute approximate surface area is 120 Å². The third-order valence-electron chi connectivity index (χ3n) is 2.40. The van der Waals surface area contributed by atoms with E-state index in [2.05, 4.69) is 20.9 Å². The number of ether oxygens (including phenoxy) is 2. The zero-order chi connectivity index (χ0) is 13.7. The molecule has 0 amide bonds. The number of anilines is 1. The van der Waals surface area contributed by atoms with E-state index < -0.39 is 0 Å². The largest absolute Gasteiger partial charge is 0.491 e. The Kier molecular flexibility index (Phi) is 4.63. The van der Waals surface area contributed by atoms with E-state index in [4.69, 9.17) is 15.2 Å². The maximum absolute atomic E-state index is 6.03. The van der Waals surface area contributed by atoms with E-state index in [9.17, 15) is 0 Å². The molecule has 5 heteroatoms. The molecule has 0 saturated heterocycles. The van der Waals surface area contributed by atoms with Crippen molar-refractivity contribution >= 4 is 21.6 Å². The Hall–Kier alpha value is -1.75. The number of pyridine rings is 1. The molecule has 0 aliphatic heterocycles. The van der Waals surface area contributed by atoms with Crippen LogP contribution in [0.15, 0.2) is 41.1 Å². The number of nitrogens with zero attached hydrogens (tertiary/aromatic N) is 1. The predicted octanol–water partition coefficient (Wildman–Crippen LogP) is 4.01. The van der Waals surface area contributed by atoms with Gasteiger partial charge in [0.25, 0.3) is 0 Å². The van der Waals surface area contributed by atoms with Gasteiger partial charge in [-0.3, -0.25) is 4.98 Å². The van der Waals surface area contributed by atoms with E-state index in [1.54, 1.807) is 18.5 Å². The summed E-state index contributed by atoms with van der Waals surface area (Å²) in [7, 11) is 0. The highest BCUT2D eigenvalue weighted by Crippen LogP contribution is 2.34. The van der Waals surface area contributed by atoms with Crippen molar-refractivity contribution in [2.45, 2.75) is 13.3 Å². The smallest absolute Gasteiger partial charge is 0.154 e. The fourth-order valence-electron chi connectivity index (χ4n) is 1.53. The van der Waals surface area contributed by atoms with Crippen molar-refractivity contribution in [2.24, 2.45) is 0 Å². The summed E-state index contributed by atoms with van der Waals surface area (Å²) >= 11 is 3.34. The van der Waals surface area contributed by atoms with E-state index in [-0.39, 0.29) is 0 Å². The maximum atomic E-state index is 6.03. The van der Waals surface area contributed by atoms with Crippen molar-refractivity contribution < 1.29 is 9.47 Å². The Balaban J connectivity index is 2.20. The van der Waals surface area contributed by atoms with Gasteiger partial charge in [0.05, 0.1) is 12.8 Å². The minimum Gasteiger partial charge on any atom is -0.491 e. The van der Waals surface area contributed by atoms with Crippen LogP contribution in [0.5, 0.6) is 17.2 Å². The first-order chi connectivity index (χ1) is 9.20. The van der Waals surface area contributed by atoms with Crippen LogP contribution in [0.2, 0.25) is 0 Å². The van der Waals surface area contributed by atoms with Gasteiger partial charge < -0.3 is 15.2 Å². The third kappa shape index (κ3) is 3.61. The Bertz CT molecular complexity index is 561. The molecule has 2 rings (SSSR count). The lowest BCUT2D eigenvalue weighted by Gasteiger charge is -2.12. The van der Waals surface area contributed by atoms with Crippen LogP contribution in [-0.2, 0) is 0 Å². The lowest BCUT2D eigenvalue weighted by molar-refractivity contribution is 0.318. The molecule has 100 valence electrons. The van der Waals surface area contributed by atoms with Crippen LogP contribution in [0.1, 0.15) is 13.3 Å². The first-order valence-corrected chi connectivity index (χ1v) is 6.79. The summed E-state index contributed by atoms with van der Waals surface area (Å²) in [5.74, 6) is 1.82. The van der Waals surface area contributed by atoms with Crippen LogP contribution < -0.4 is 15.2 Å². The molecule has 1 aromatic heterocycles. The highest BCUT2D eigenvalue weighted by atomic mass is 79.9. The summed E-state index contributed by atoms with van der Waals surface area (Å²) in [6, 6.07) is 7.31. The number of rotatable bonds is 5. The minimum absolute atomic E-state index is 0.496. The molecule has 1 heterocycles. The number of para-hydroxylation sites is 1. The van der Waals surface area contributed by atoms with Gasteiger partial charge in [-0.2, -0.15) is 0 Å². The van der Waals surface area contributed by atoms with Crippen molar-refractivity contribution in [1.82, 2.24) is 4.98 Å². The van der Waals surface area contributed by atoms with Crippen molar-refractivity contribution in [3.05, 3.63) is 41.1 Å². The number of hydrogen-bond donors (Lipinski definition) is 1. The summed E-state index contributed by atoms with van der Waals surface area (Å²) in [5, 5.41) is 0. The van der Waals surface area contributed by atoms with Gasteiger partial charge in [-0.25, -0.2) is 0 Å². The van der Waals surface area contributed by atoms with E-state index >= 15 is 0 Å². The van der Waals surface area contributed by atoms with Gasteiger partial charge in [0.15, 0.2) is 5.75 Å². The second-order valence-electron chi connectivity index (χ2n) is 3.96. The van der Waals surface area contributed by atoms with Crippen LogP contribution in [0, 0.1) is 0 Å². The number of hydrogen-bond acceptors (Lipinski definition) is 4. The zero-order valence-electron chi connectivity index (χ0n) is 10.6. The third-order valence-corrected chi connectivity index (χ3v) is 2.83. The quantitative estimate of drug-likeness (QED) is 0.845. The summed E-state index contributed by atoms with van der Waals surface area (Å²) in [4.78, 5) is 4.04. The highest BCUT2D eigenvalue weighted by molar-refractivity contribution is 9.10. The summed E-state index contributed by atoms with van der Waals surface area (Å²) in [6.45, 7) is 2.68. The van der Waals surface area contributed by atoms with E-state index in [1.807, 2.05) is 25.1 Å². The molecule has 1 aromatic carbocycles. The first-order valence-electron chi connectivity index (χ1n) is 6.00. The predicted molar refractivity (Wildman–Crippen MR) is 78.7 cm³/mol. The number of benzene rings is 1. The number of nitrogen functional groups attached to an aromatic ring is 1. The molecule has 4 nitrogen and oxygen atoms in total. The molecular formula is C14H15BrN2O2. The fourth-order valence-corrected chi connectivity index (χ4v) is 1.87. The first kappa shape index (κ1) is 13.7. The SMILES string of the molecule is CCCOc1cccc(Oc2cncc(Br)c2)c1N. The lowest BCUT2D eigenvalue weighted by atomic mass is 10.2. The van der Waals surface area contributed by atoms with Crippen molar-refractivity contribution in [3.8, 4) is 17.2 Å². The van der Waals surface area contributed by atoms with Gasteiger partial charge in [0, 0.05) is 10.7 Å². The lowest BCUT2D eigenvalue weighted by Crippen LogP contribution is -2.00. The topological polar surface area (TPSA) is 57.4 Å². The molecular weight excluding hydrogens is 308 g/mol. The average Bonchev–Trinajstić information content (AvgIpc) is 2.40. The molecule has 0 fully saturated rings.